The standard InChI is InChI=1S/C21H19Cl2N3O2S2/c22-17-3-1-2-15(20(17)23)12-26-18(8-9-24-26)25-19(27)13-28-16-6-4-14(5-7-16)21-29-10-11-30-21/h1-9,21H,10-13H2,(H,25,27). The highest BCUT2D eigenvalue weighted by Gasteiger charge is 2.18. The average Bonchev–Trinajstić information content (AvgIpc) is 3.43. The normalized spacial score (nSPS) is 14.1. The second kappa shape index (κ2) is 10.0. The molecule has 1 aliphatic heterocycles. The van der Waals surface area contributed by atoms with Gasteiger partial charge in [0.25, 0.3) is 5.91 Å². The van der Waals surface area contributed by atoms with Crippen molar-refractivity contribution in [2.75, 3.05) is 23.4 Å². The molecule has 0 bridgehead atoms. The monoisotopic (exact) mass is 479 g/mol. The number of hydrogen-bond donors (Lipinski definition) is 1. The van der Waals surface area contributed by atoms with E-state index in [2.05, 4.69) is 22.5 Å². The Bertz CT molecular complexity index is 1020. The largest absolute Gasteiger partial charge is 0.484 e. The number of halogens is 2. The van der Waals surface area contributed by atoms with Crippen LogP contribution in [0.4, 0.5) is 5.82 Å². The van der Waals surface area contributed by atoms with Crippen LogP contribution in [0.5, 0.6) is 5.75 Å². The summed E-state index contributed by atoms with van der Waals surface area (Å²) in [5.74, 6) is 3.34. The summed E-state index contributed by atoms with van der Waals surface area (Å²) in [4.78, 5) is 12.4. The summed E-state index contributed by atoms with van der Waals surface area (Å²) in [6, 6.07) is 15.1. The summed E-state index contributed by atoms with van der Waals surface area (Å²) in [5, 5.41) is 8.04. The van der Waals surface area contributed by atoms with Gasteiger partial charge in [0, 0.05) is 17.6 Å². The predicted octanol–water partition coefficient (Wildman–Crippen LogP) is 5.73. The predicted molar refractivity (Wildman–Crippen MR) is 126 cm³/mol. The number of thioether (sulfide) groups is 2. The number of ether oxygens (including phenoxy) is 1. The Labute approximate surface area is 193 Å². The van der Waals surface area contributed by atoms with Crippen LogP contribution in [0.15, 0.2) is 54.7 Å². The van der Waals surface area contributed by atoms with Gasteiger partial charge in [0.15, 0.2) is 6.61 Å². The highest BCUT2D eigenvalue weighted by Crippen LogP contribution is 2.45. The third kappa shape index (κ3) is 5.27. The first-order valence-electron chi connectivity index (χ1n) is 9.30. The molecular formula is C21H19Cl2N3O2S2. The fraction of sp³-hybridized carbons (Fsp3) is 0.238. The zero-order valence-corrected chi connectivity index (χ0v) is 19.0. The molecule has 2 heterocycles. The molecule has 1 N–H and O–H groups in total. The van der Waals surface area contributed by atoms with E-state index in [1.165, 1.54) is 17.1 Å². The molecule has 1 amide bonds. The quantitative estimate of drug-likeness (QED) is 0.468. The van der Waals surface area contributed by atoms with E-state index in [9.17, 15) is 4.79 Å². The average molecular weight is 480 g/mol. The van der Waals surface area contributed by atoms with Crippen LogP contribution in [0.25, 0.3) is 0 Å². The van der Waals surface area contributed by atoms with Gasteiger partial charge in [-0.3, -0.25) is 4.79 Å². The molecule has 4 rings (SSSR count). The van der Waals surface area contributed by atoms with Gasteiger partial charge in [-0.05, 0) is 29.3 Å². The SMILES string of the molecule is O=C(COc1ccc(C2SCCS2)cc1)Nc1ccnn1Cc1cccc(Cl)c1Cl. The summed E-state index contributed by atoms with van der Waals surface area (Å²) >= 11 is 16.2. The molecule has 0 aliphatic carbocycles. The van der Waals surface area contributed by atoms with Crippen LogP contribution in [-0.2, 0) is 11.3 Å². The zero-order valence-electron chi connectivity index (χ0n) is 15.9. The molecule has 0 spiro atoms. The number of anilines is 1. The number of hydrogen-bond acceptors (Lipinski definition) is 5. The molecule has 0 atom stereocenters. The summed E-state index contributed by atoms with van der Waals surface area (Å²) in [6.07, 6.45) is 1.62. The van der Waals surface area contributed by atoms with Gasteiger partial charge in [-0.2, -0.15) is 5.10 Å². The van der Waals surface area contributed by atoms with Crippen LogP contribution in [-0.4, -0.2) is 33.8 Å². The fourth-order valence-corrected chi connectivity index (χ4v) is 6.24. The van der Waals surface area contributed by atoms with Gasteiger partial charge in [0.2, 0.25) is 0 Å². The Kier molecular flexibility index (Phi) is 7.15. The van der Waals surface area contributed by atoms with Crippen molar-refractivity contribution in [1.82, 2.24) is 9.78 Å². The molecule has 1 saturated heterocycles. The fourth-order valence-electron chi connectivity index (χ4n) is 3.00. The van der Waals surface area contributed by atoms with Gasteiger partial charge in [-0.15, -0.1) is 23.5 Å². The number of benzene rings is 2. The van der Waals surface area contributed by atoms with E-state index in [0.29, 0.717) is 32.7 Å². The Morgan fingerprint density at radius 1 is 1.13 bits per heavy atom. The minimum absolute atomic E-state index is 0.0879. The summed E-state index contributed by atoms with van der Waals surface area (Å²) in [5.41, 5.74) is 2.10. The topological polar surface area (TPSA) is 56.1 Å². The highest BCUT2D eigenvalue weighted by molar-refractivity contribution is 8.19. The number of amides is 1. The van der Waals surface area contributed by atoms with E-state index in [1.807, 2.05) is 47.8 Å². The van der Waals surface area contributed by atoms with Gasteiger partial charge in [-0.1, -0.05) is 47.5 Å². The molecule has 5 nitrogen and oxygen atoms in total. The summed E-state index contributed by atoms with van der Waals surface area (Å²) in [7, 11) is 0. The third-order valence-corrected chi connectivity index (χ3v) is 8.44. The molecule has 9 heteroatoms. The van der Waals surface area contributed by atoms with Crippen molar-refractivity contribution in [2.45, 2.75) is 11.1 Å². The van der Waals surface area contributed by atoms with Gasteiger partial charge < -0.3 is 10.1 Å². The maximum absolute atomic E-state index is 12.4. The molecule has 156 valence electrons. The lowest BCUT2D eigenvalue weighted by Gasteiger charge is -2.12. The Balaban J connectivity index is 1.32. The van der Waals surface area contributed by atoms with Gasteiger partial charge in [0.05, 0.1) is 27.4 Å². The van der Waals surface area contributed by atoms with Crippen LogP contribution in [0.2, 0.25) is 10.0 Å². The van der Waals surface area contributed by atoms with Crippen LogP contribution >= 0.6 is 46.7 Å². The summed E-state index contributed by atoms with van der Waals surface area (Å²) in [6.45, 7) is 0.302. The van der Waals surface area contributed by atoms with E-state index in [0.717, 1.165) is 5.56 Å². The smallest absolute Gasteiger partial charge is 0.263 e. The number of rotatable bonds is 7. The molecule has 30 heavy (non-hydrogen) atoms. The first-order valence-corrected chi connectivity index (χ1v) is 12.2. The number of nitrogens with zero attached hydrogens (tertiary/aromatic N) is 2. The Morgan fingerprint density at radius 3 is 2.67 bits per heavy atom. The summed E-state index contributed by atoms with van der Waals surface area (Å²) < 4.78 is 7.78. The molecule has 0 saturated carbocycles. The minimum Gasteiger partial charge on any atom is -0.484 e. The van der Waals surface area contributed by atoms with Crippen LogP contribution in [0, 0.1) is 0 Å². The van der Waals surface area contributed by atoms with E-state index in [-0.39, 0.29) is 12.5 Å². The lowest BCUT2D eigenvalue weighted by atomic mass is 10.2. The van der Waals surface area contributed by atoms with Crippen molar-refractivity contribution in [3.8, 4) is 5.75 Å². The van der Waals surface area contributed by atoms with Crippen LogP contribution in [0.3, 0.4) is 0 Å². The maximum Gasteiger partial charge on any atom is 0.263 e. The van der Waals surface area contributed by atoms with Crippen molar-refractivity contribution < 1.29 is 9.53 Å². The molecule has 3 aromatic rings. The van der Waals surface area contributed by atoms with Crippen molar-refractivity contribution in [1.29, 1.82) is 0 Å². The van der Waals surface area contributed by atoms with E-state index in [1.54, 1.807) is 23.0 Å². The van der Waals surface area contributed by atoms with Crippen molar-refractivity contribution >= 4 is 58.5 Å². The molecule has 0 radical (unpaired) electrons. The number of carbonyl (C=O) groups excluding carboxylic acids is 1. The number of aromatic nitrogens is 2. The first kappa shape index (κ1) is 21.4. The van der Waals surface area contributed by atoms with Gasteiger partial charge in [0.1, 0.15) is 11.6 Å². The van der Waals surface area contributed by atoms with E-state index < -0.39 is 0 Å². The molecule has 2 aromatic carbocycles. The first-order chi connectivity index (χ1) is 14.6. The second-order valence-corrected chi connectivity index (χ2v) is 10.1. The zero-order chi connectivity index (χ0) is 20.9. The number of carbonyl (C=O) groups is 1. The molecule has 1 aliphatic rings. The lowest BCUT2D eigenvalue weighted by Crippen LogP contribution is -2.22. The second-order valence-electron chi connectivity index (χ2n) is 6.57. The molecule has 1 fully saturated rings. The van der Waals surface area contributed by atoms with Gasteiger partial charge in [-0.25, -0.2) is 4.68 Å². The number of nitrogens with one attached hydrogen (secondary N) is 1. The van der Waals surface area contributed by atoms with Crippen LogP contribution < -0.4 is 10.1 Å². The molecule has 0 unspecified atom stereocenters. The van der Waals surface area contributed by atoms with Crippen molar-refractivity contribution in [2.24, 2.45) is 0 Å². The van der Waals surface area contributed by atoms with Gasteiger partial charge >= 0.3 is 0 Å². The minimum atomic E-state index is -0.264. The molecule has 1 aromatic heterocycles. The van der Waals surface area contributed by atoms with E-state index in [4.69, 9.17) is 27.9 Å². The Hall–Kier alpha value is -1.80. The molecular weight excluding hydrogens is 461 g/mol. The third-order valence-electron chi connectivity index (χ3n) is 4.48. The maximum atomic E-state index is 12.4. The lowest BCUT2D eigenvalue weighted by molar-refractivity contribution is -0.118. The Morgan fingerprint density at radius 2 is 1.90 bits per heavy atom. The van der Waals surface area contributed by atoms with Crippen molar-refractivity contribution in [3.63, 3.8) is 0 Å². The van der Waals surface area contributed by atoms with Crippen LogP contribution in [0.1, 0.15) is 15.7 Å². The van der Waals surface area contributed by atoms with Crippen molar-refractivity contribution in [3.05, 3.63) is 75.9 Å². The van der Waals surface area contributed by atoms with E-state index >= 15 is 0 Å². The highest BCUT2D eigenvalue weighted by atomic mass is 35.5.